The van der Waals surface area contributed by atoms with Crippen LogP contribution in [-0.4, -0.2) is 10.1 Å². The largest absolute Gasteiger partial charge is 0.339 e. The minimum Gasteiger partial charge on any atom is -0.339 e. The SMILES string of the molecule is CCC(C)(CC#N)Cc1nc(-c2cc(F)cc(F)c2)no1. The molecule has 110 valence electrons. The van der Waals surface area contributed by atoms with Crippen molar-refractivity contribution in [2.45, 2.75) is 33.1 Å². The normalized spacial score (nSPS) is 13.7. The van der Waals surface area contributed by atoms with Gasteiger partial charge in [0.1, 0.15) is 11.6 Å². The van der Waals surface area contributed by atoms with Crippen LogP contribution in [0.1, 0.15) is 32.6 Å². The standard InChI is InChI=1S/C15H15F2N3O/c1-3-15(2,4-5-18)9-13-19-14(20-21-13)10-6-11(16)8-12(17)7-10/h6-8H,3-4,9H2,1-2H3. The van der Waals surface area contributed by atoms with E-state index in [4.69, 9.17) is 9.78 Å². The predicted molar refractivity (Wildman–Crippen MR) is 72.0 cm³/mol. The Morgan fingerprint density at radius 3 is 2.52 bits per heavy atom. The Kier molecular flexibility index (Phi) is 4.32. The Labute approximate surface area is 121 Å². The summed E-state index contributed by atoms with van der Waals surface area (Å²) in [4.78, 5) is 4.16. The molecule has 0 spiro atoms. The molecular formula is C15H15F2N3O. The van der Waals surface area contributed by atoms with Crippen molar-refractivity contribution in [1.29, 1.82) is 5.26 Å². The van der Waals surface area contributed by atoms with Crippen molar-refractivity contribution in [2.24, 2.45) is 5.41 Å². The summed E-state index contributed by atoms with van der Waals surface area (Å²) in [5.74, 6) is -0.897. The van der Waals surface area contributed by atoms with E-state index in [9.17, 15) is 8.78 Å². The summed E-state index contributed by atoms with van der Waals surface area (Å²) in [7, 11) is 0. The summed E-state index contributed by atoms with van der Waals surface area (Å²) >= 11 is 0. The second kappa shape index (κ2) is 6.00. The average Bonchev–Trinajstić information content (AvgIpc) is 2.86. The Hall–Kier alpha value is -2.29. The average molecular weight is 291 g/mol. The van der Waals surface area contributed by atoms with Crippen LogP contribution in [0.3, 0.4) is 0 Å². The van der Waals surface area contributed by atoms with Gasteiger partial charge in [0.25, 0.3) is 0 Å². The van der Waals surface area contributed by atoms with E-state index in [1.165, 1.54) is 0 Å². The summed E-state index contributed by atoms with van der Waals surface area (Å²) in [6, 6.07) is 5.22. The highest BCUT2D eigenvalue weighted by Gasteiger charge is 2.25. The zero-order valence-electron chi connectivity index (χ0n) is 11.9. The number of nitrogens with zero attached hydrogens (tertiary/aromatic N) is 3. The van der Waals surface area contributed by atoms with Gasteiger partial charge in [0.05, 0.1) is 6.07 Å². The van der Waals surface area contributed by atoms with Crippen molar-refractivity contribution >= 4 is 0 Å². The van der Waals surface area contributed by atoms with Gasteiger partial charge in [-0.1, -0.05) is 19.0 Å². The molecule has 0 bridgehead atoms. The van der Waals surface area contributed by atoms with Gasteiger partial charge in [0.15, 0.2) is 0 Å². The van der Waals surface area contributed by atoms with Gasteiger partial charge in [-0.25, -0.2) is 8.78 Å². The molecule has 1 heterocycles. The van der Waals surface area contributed by atoms with Crippen LogP contribution in [0.2, 0.25) is 0 Å². The van der Waals surface area contributed by atoms with Crippen molar-refractivity contribution < 1.29 is 13.3 Å². The molecule has 1 atom stereocenters. The number of halogens is 2. The fourth-order valence-electron chi connectivity index (χ4n) is 2.00. The third-order valence-electron chi connectivity index (χ3n) is 3.53. The van der Waals surface area contributed by atoms with Crippen molar-refractivity contribution in [2.75, 3.05) is 0 Å². The third kappa shape index (κ3) is 3.63. The number of aromatic nitrogens is 2. The highest BCUT2D eigenvalue weighted by molar-refractivity contribution is 5.54. The van der Waals surface area contributed by atoms with Crippen LogP contribution in [0.15, 0.2) is 22.7 Å². The van der Waals surface area contributed by atoms with Crippen LogP contribution >= 0.6 is 0 Å². The smallest absolute Gasteiger partial charge is 0.227 e. The first-order chi connectivity index (χ1) is 9.95. The second-order valence-corrected chi connectivity index (χ2v) is 5.35. The summed E-state index contributed by atoms with van der Waals surface area (Å²) in [6.45, 7) is 3.94. The monoisotopic (exact) mass is 291 g/mol. The molecule has 0 aliphatic heterocycles. The molecule has 0 saturated heterocycles. The molecule has 6 heteroatoms. The first-order valence-electron chi connectivity index (χ1n) is 6.62. The molecular weight excluding hydrogens is 276 g/mol. The Bertz CT molecular complexity index is 658. The number of hydrogen-bond acceptors (Lipinski definition) is 4. The minimum atomic E-state index is -0.695. The molecule has 1 aromatic heterocycles. The first-order valence-corrected chi connectivity index (χ1v) is 6.62. The van der Waals surface area contributed by atoms with E-state index in [0.29, 0.717) is 18.7 Å². The van der Waals surface area contributed by atoms with Crippen molar-refractivity contribution in [3.8, 4) is 17.5 Å². The molecule has 0 saturated carbocycles. The lowest BCUT2D eigenvalue weighted by atomic mass is 9.81. The second-order valence-electron chi connectivity index (χ2n) is 5.35. The summed E-state index contributed by atoms with van der Waals surface area (Å²) in [6.07, 6.45) is 1.60. The van der Waals surface area contributed by atoms with Gasteiger partial charge in [-0.05, 0) is 24.0 Å². The lowest BCUT2D eigenvalue weighted by Gasteiger charge is -2.22. The Morgan fingerprint density at radius 1 is 1.29 bits per heavy atom. The van der Waals surface area contributed by atoms with Gasteiger partial charge in [0.2, 0.25) is 11.7 Å². The maximum Gasteiger partial charge on any atom is 0.227 e. The lowest BCUT2D eigenvalue weighted by molar-refractivity contribution is 0.266. The highest BCUT2D eigenvalue weighted by atomic mass is 19.1. The maximum atomic E-state index is 13.2. The van der Waals surface area contributed by atoms with E-state index in [2.05, 4.69) is 16.2 Å². The Morgan fingerprint density at radius 2 is 1.95 bits per heavy atom. The topological polar surface area (TPSA) is 62.7 Å². The molecule has 0 fully saturated rings. The van der Waals surface area contributed by atoms with E-state index in [1.807, 2.05) is 13.8 Å². The predicted octanol–water partition coefficient (Wildman–Crippen LogP) is 3.89. The van der Waals surface area contributed by atoms with E-state index < -0.39 is 11.6 Å². The van der Waals surface area contributed by atoms with Crippen molar-refractivity contribution in [1.82, 2.24) is 10.1 Å². The quantitative estimate of drug-likeness (QED) is 0.838. The molecule has 0 radical (unpaired) electrons. The molecule has 1 unspecified atom stereocenters. The fraction of sp³-hybridized carbons (Fsp3) is 0.400. The van der Waals surface area contributed by atoms with Gasteiger partial charge in [-0.3, -0.25) is 0 Å². The number of rotatable bonds is 5. The van der Waals surface area contributed by atoms with Gasteiger partial charge in [-0.2, -0.15) is 10.2 Å². The van der Waals surface area contributed by atoms with Crippen LogP contribution < -0.4 is 0 Å². The first kappa shape index (κ1) is 15.1. The summed E-state index contributed by atoms with van der Waals surface area (Å²) < 4.78 is 31.5. The molecule has 21 heavy (non-hydrogen) atoms. The van der Waals surface area contributed by atoms with Crippen LogP contribution in [0.4, 0.5) is 8.78 Å². The van der Waals surface area contributed by atoms with Crippen LogP contribution in [0, 0.1) is 28.4 Å². The molecule has 0 amide bonds. The molecule has 1 aromatic carbocycles. The van der Waals surface area contributed by atoms with E-state index in [1.54, 1.807) is 0 Å². The number of nitriles is 1. The zero-order chi connectivity index (χ0) is 15.5. The molecule has 0 aliphatic carbocycles. The Balaban J connectivity index is 2.24. The van der Waals surface area contributed by atoms with Gasteiger partial charge < -0.3 is 4.52 Å². The highest BCUT2D eigenvalue weighted by Crippen LogP contribution is 2.30. The molecule has 4 nitrogen and oxygen atoms in total. The van der Waals surface area contributed by atoms with Crippen molar-refractivity contribution in [3.63, 3.8) is 0 Å². The van der Waals surface area contributed by atoms with Crippen LogP contribution in [0.5, 0.6) is 0 Å². The van der Waals surface area contributed by atoms with Crippen LogP contribution in [-0.2, 0) is 6.42 Å². The number of hydrogen-bond donors (Lipinski definition) is 0. The molecule has 2 aromatic rings. The lowest BCUT2D eigenvalue weighted by Crippen LogP contribution is -2.18. The molecule has 2 rings (SSSR count). The maximum absolute atomic E-state index is 13.2. The van der Waals surface area contributed by atoms with Gasteiger partial charge in [-0.15, -0.1) is 0 Å². The minimum absolute atomic E-state index is 0.138. The molecule has 0 N–H and O–H groups in total. The van der Waals surface area contributed by atoms with Crippen LogP contribution in [0.25, 0.3) is 11.4 Å². The molecule has 0 aliphatic rings. The van der Waals surface area contributed by atoms with Gasteiger partial charge in [0, 0.05) is 24.5 Å². The van der Waals surface area contributed by atoms with Gasteiger partial charge >= 0.3 is 0 Å². The summed E-state index contributed by atoms with van der Waals surface area (Å²) in [5.41, 5.74) is -0.0351. The fourth-order valence-corrected chi connectivity index (χ4v) is 2.00. The van der Waals surface area contributed by atoms with E-state index in [0.717, 1.165) is 24.6 Å². The third-order valence-corrected chi connectivity index (χ3v) is 3.53. The zero-order valence-corrected chi connectivity index (χ0v) is 11.9. The van der Waals surface area contributed by atoms with Crippen molar-refractivity contribution in [3.05, 3.63) is 35.7 Å². The summed E-state index contributed by atoms with van der Waals surface area (Å²) in [5, 5.41) is 12.6. The van der Waals surface area contributed by atoms with E-state index in [-0.39, 0.29) is 16.8 Å². The van der Waals surface area contributed by atoms with E-state index >= 15 is 0 Å². The number of benzene rings is 1.